The summed E-state index contributed by atoms with van der Waals surface area (Å²) in [6.07, 6.45) is 1.92. The van der Waals surface area contributed by atoms with Gasteiger partial charge in [0.15, 0.2) is 0 Å². The first-order valence-electron chi connectivity index (χ1n) is 4.91. The van der Waals surface area contributed by atoms with Crippen LogP contribution < -0.4 is 0 Å². The number of halogens is 1. The number of hydrogen-bond donors (Lipinski definition) is 1. The van der Waals surface area contributed by atoms with E-state index in [1.54, 1.807) is 13.8 Å². The third-order valence-electron chi connectivity index (χ3n) is 2.59. The van der Waals surface area contributed by atoms with E-state index in [0.717, 1.165) is 16.8 Å². The predicted octanol–water partition coefficient (Wildman–Crippen LogP) is 3.13. The molecule has 3 heteroatoms. The summed E-state index contributed by atoms with van der Waals surface area (Å²) in [5, 5.41) is 10.8. The quantitative estimate of drug-likeness (QED) is 0.790. The molecule has 15 heavy (non-hydrogen) atoms. The highest BCUT2D eigenvalue weighted by molar-refractivity contribution is 6.34. The lowest BCUT2D eigenvalue weighted by Gasteiger charge is -2.18. The van der Waals surface area contributed by atoms with Crippen molar-refractivity contribution in [3.05, 3.63) is 40.7 Å². The molecule has 2 rings (SSSR count). The molecular formula is C12H14ClNO. The van der Waals surface area contributed by atoms with Crippen LogP contribution in [0.5, 0.6) is 0 Å². The maximum Gasteiger partial charge on any atom is 0.0996 e. The summed E-state index contributed by atoms with van der Waals surface area (Å²) < 4.78 is 1.94. The van der Waals surface area contributed by atoms with Crippen molar-refractivity contribution in [2.45, 2.75) is 26.4 Å². The van der Waals surface area contributed by atoms with Crippen molar-refractivity contribution in [3.8, 4) is 0 Å². The van der Waals surface area contributed by atoms with Crippen molar-refractivity contribution in [2.24, 2.45) is 0 Å². The van der Waals surface area contributed by atoms with Gasteiger partial charge in [-0.2, -0.15) is 0 Å². The molecule has 0 unspecified atom stereocenters. The minimum atomic E-state index is -0.887. The molecule has 0 aliphatic rings. The smallest absolute Gasteiger partial charge is 0.0996 e. The third kappa shape index (κ3) is 1.54. The van der Waals surface area contributed by atoms with Crippen LogP contribution in [0, 0.1) is 6.92 Å². The van der Waals surface area contributed by atoms with E-state index < -0.39 is 5.60 Å². The first-order valence-corrected chi connectivity index (χ1v) is 5.28. The Balaban J connectivity index is 2.90. The molecule has 0 atom stereocenters. The van der Waals surface area contributed by atoms with Gasteiger partial charge in [-0.1, -0.05) is 17.7 Å². The average molecular weight is 224 g/mol. The largest absolute Gasteiger partial charge is 0.384 e. The standard InChI is InChI=1S/C12H14ClNO/c1-8-10(13)9-6-4-5-7-14(9)11(8)12(2,3)15/h4-7,15H,1-3H3. The Morgan fingerprint density at radius 1 is 1.33 bits per heavy atom. The molecule has 2 heterocycles. The van der Waals surface area contributed by atoms with Gasteiger partial charge in [0.25, 0.3) is 0 Å². The van der Waals surface area contributed by atoms with E-state index in [1.807, 2.05) is 35.7 Å². The number of hydrogen-bond acceptors (Lipinski definition) is 1. The Morgan fingerprint density at radius 2 is 2.00 bits per heavy atom. The first kappa shape index (κ1) is 10.5. The van der Waals surface area contributed by atoms with E-state index in [1.165, 1.54) is 0 Å². The van der Waals surface area contributed by atoms with E-state index in [4.69, 9.17) is 11.6 Å². The summed E-state index contributed by atoms with van der Waals surface area (Å²) >= 11 is 6.22. The van der Waals surface area contributed by atoms with Crippen LogP contribution in [0.4, 0.5) is 0 Å². The Kier molecular flexibility index (Phi) is 2.28. The van der Waals surface area contributed by atoms with Gasteiger partial charge in [-0.05, 0) is 38.5 Å². The van der Waals surface area contributed by atoms with Gasteiger partial charge in [0.1, 0.15) is 0 Å². The van der Waals surface area contributed by atoms with Crippen LogP contribution in [0.2, 0.25) is 5.02 Å². The molecule has 80 valence electrons. The van der Waals surface area contributed by atoms with Crippen LogP contribution in [0.15, 0.2) is 24.4 Å². The van der Waals surface area contributed by atoms with Gasteiger partial charge in [0.2, 0.25) is 0 Å². The second kappa shape index (κ2) is 3.26. The molecule has 0 bridgehead atoms. The van der Waals surface area contributed by atoms with Crippen molar-refractivity contribution in [2.75, 3.05) is 0 Å². The molecule has 2 aromatic heterocycles. The van der Waals surface area contributed by atoms with Crippen LogP contribution in [0.3, 0.4) is 0 Å². The molecule has 0 saturated heterocycles. The van der Waals surface area contributed by atoms with E-state index in [-0.39, 0.29) is 0 Å². The number of aliphatic hydroxyl groups is 1. The zero-order valence-electron chi connectivity index (χ0n) is 9.08. The van der Waals surface area contributed by atoms with Gasteiger partial charge in [-0.3, -0.25) is 0 Å². The Bertz CT molecular complexity index is 508. The topological polar surface area (TPSA) is 24.6 Å². The molecule has 0 amide bonds. The van der Waals surface area contributed by atoms with Gasteiger partial charge >= 0.3 is 0 Å². The SMILES string of the molecule is Cc1c(Cl)c2ccccn2c1C(C)(C)O. The number of aromatic nitrogens is 1. The number of nitrogens with zero attached hydrogens (tertiary/aromatic N) is 1. The molecule has 0 aliphatic heterocycles. The first-order chi connectivity index (χ1) is 6.93. The van der Waals surface area contributed by atoms with Gasteiger partial charge < -0.3 is 9.51 Å². The number of pyridine rings is 1. The molecule has 0 radical (unpaired) electrons. The lowest BCUT2D eigenvalue weighted by Crippen LogP contribution is -2.19. The molecule has 0 aliphatic carbocycles. The molecule has 2 nitrogen and oxygen atoms in total. The highest BCUT2D eigenvalue weighted by Crippen LogP contribution is 2.33. The monoisotopic (exact) mass is 223 g/mol. The maximum atomic E-state index is 10.1. The number of fused-ring (bicyclic) bond motifs is 1. The molecule has 1 N–H and O–H groups in total. The highest BCUT2D eigenvalue weighted by atomic mass is 35.5. The Labute approximate surface area is 94.1 Å². The highest BCUT2D eigenvalue weighted by Gasteiger charge is 2.25. The zero-order chi connectivity index (χ0) is 11.2. The fourth-order valence-corrected chi connectivity index (χ4v) is 2.29. The Morgan fingerprint density at radius 3 is 2.60 bits per heavy atom. The van der Waals surface area contributed by atoms with Gasteiger partial charge in [-0.25, -0.2) is 0 Å². The van der Waals surface area contributed by atoms with Crippen LogP contribution in [0.1, 0.15) is 25.1 Å². The molecule has 0 fully saturated rings. The molecule has 0 aromatic carbocycles. The van der Waals surface area contributed by atoms with Crippen molar-refractivity contribution < 1.29 is 5.11 Å². The summed E-state index contributed by atoms with van der Waals surface area (Å²) in [6.45, 7) is 5.47. The predicted molar refractivity (Wildman–Crippen MR) is 62.4 cm³/mol. The van der Waals surface area contributed by atoms with E-state index >= 15 is 0 Å². The summed E-state index contributed by atoms with van der Waals surface area (Å²) in [5.41, 5.74) is 1.84. The van der Waals surface area contributed by atoms with Gasteiger partial charge in [0.05, 0.1) is 21.8 Å². The molecule has 0 saturated carbocycles. The van der Waals surface area contributed by atoms with E-state index in [9.17, 15) is 5.11 Å². The second-order valence-corrected chi connectivity index (χ2v) is 4.68. The summed E-state index contributed by atoms with van der Waals surface area (Å²) in [7, 11) is 0. The van der Waals surface area contributed by atoms with Crippen LogP contribution >= 0.6 is 11.6 Å². The normalized spacial score (nSPS) is 12.3. The van der Waals surface area contributed by atoms with Crippen molar-refractivity contribution >= 4 is 17.1 Å². The van der Waals surface area contributed by atoms with Crippen molar-refractivity contribution in [1.82, 2.24) is 4.40 Å². The van der Waals surface area contributed by atoms with Gasteiger partial charge in [0, 0.05) is 6.20 Å². The second-order valence-electron chi connectivity index (χ2n) is 4.30. The minimum absolute atomic E-state index is 0.715. The van der Waals surface area contributed by atoms with E-state index in [2.05, 4.69) is 0 Å². The molecular weight excluding hydrogens is 210 g/mol. The van der Waals surface area contributed by atoms with Crippen LogP contribution in [-0.2, 0) is 5.60 Å². The fraction of sp³-hybridized carbons (Fsp3) is 0.333. The van der Waals surface area contributed by atoms with Crippen LogP contribution in [-0.4, -0.2) is 9.51 Å². The van der Waals surface area contributed by atoms with Crippen LogP contribution in [0.25, 0.3) is 5.52 Å². The minimum Gasteiger partial charge on any atom is -0.384 e. The van der Waals surface area contributed by atoms with E-state index in [0.29, 0.717) is 5.02 Å². The third-order valence-corrected chi connectivity index (χ3v) is 3.07. The summed E-state index contributed by atoms with van der Waals surface area (Å²) in [5.74, 6) is 0. The molecule has 0 spiro atoms. The lowest BCUT2D eigenvalue weighted by molar-refractivity contribution is 0.0724. The zero-order valence-corrected chi connectivity index (χ0v) is 9.84. The maximum absolute atomic E-state index is 10.1. The summed E-state index contributed by atoms with van der Waals surface area (Å²) in [6, 6.07) is 5.82. The lowest BCUT2D eigenvalue weighted by atomic mass is 10.0. The fourth-order valence-electron chi connectivity index (χ4n) is 2.05. The van der Waals surface area contributed by atoms with Crippen molar-refractivity contribution in [3.63, 3.8) is 0 Å². The number of rotatable bonds is 1. The Hall–Kier alpha value is -0.990. The average Bonchev–Trinajstić information content (AvgIpc) is 2.39. The summed E-state index contributed by atoms with van der Waals surface area (Å²) in [4.78, 5) is 0. The molecule has 2 aromatic rings. The van der Waals surface area contributed by atoms with Gasteiger partial charge in [-0.15, -0.1) is 0 Å². The van der Waals surface area contributed by atoms with Crippen molar-refractivity contribution in [1.29, 1.82) is 0 Å².